The molecule has 1 heterocycles. The average Bonchev–Trinajstić information content (AvgIpc) is 3.19. The van der Waals surface area contributed by atoms with Gasteiger partial charge in [-0.25, -0.2) is 8.42 Å². The maximum Gasteiger partial charge on any atom is 0.243 e. The van der Waals surface area contributed by atoms with Gasteiger partial charge in [0, 0.05) is 12.6 Å². The molecule has 3 nitrogen and oxygen atoms in total. The van der Waals surface area contributed by atoms with Crippen molar-refractivity contribution < 1.29 is 8.42 Å². The van der Waals surface area contributed by atoms with Crippen molar-refractivity contribution in [2.75, 3.05) is 6.54 Å². The molecule has 0 spiro atoms. The van der Waals surface area contributed by atoms with Gasteiger partial charge < -0.3 is 0 Å². The number of rotatable bonds is 3. The first-order valence-corrected chi connectivity index (χ1v) is 10.2. The van der Waals surface area contributed by atoms with Crippen LogP contribution in [0, 0.1) is 5.92 Å². The Balaban J connectivity index is 1.54. The molecule has 2 bridgehead atoms. The summed E-state index contributed by atoms with van der Waals surface area (Å²) in [6.45, 7) is 0.734. The van der Waals surface area contributed by atoms with E-state index in [1.165, 1.54) is 44.1 Å². The molecular weight excluding hydrogens is 294 g/mol. The van der Waals surface area contributed by atoms with Gasteiger partial charge in [0.2, 0.25) is 10.0 Å². The molecule has 2 unspecified atom stereocenters. The number of benzene rings is 1. The molecule has 2 saturated carbocycles. The predicted octanol–water partition coefficient (Wildman–Crippen LogP) is 3.91. The SMILES string of the molecule is O=S(=O)(c1ccc(C2CCCCC2)cc1)N1CC2CCC1C2. The van der Waals surface area contributed by atoms with E-state index < -0.39 is 10.0 Å². The topological polar surface area (TPSA) is 37.4 Å². The summed E-state index contributed by atoms with van der Waals surface area (Å²) in [5.41, 5.74) is 1.32. The van der Waals surface area contributed by atoms with Crippen LogP contribution in [-0.2, 0) is 10.0 Å². The fourth-order valence-electron chi connectivity index (χ4n) is 4.66. The van der Waals surface area contributed by atoms with Crippen LogP contribution in [0.15, 0.2) is 29.2 Å². The molecule has 4 rings (SSSR count). The predicted molar refractivity (Wildman–Crippen MR) is 87.3 cm³/mol. The van der Waals surface area contributed by atoms with E-state index in [4.69, 9.17) is 0 Å². The lowest BCUT2D eigenvalue weighted by Crippen LogP contribution is -2.37. The summed E-state index contributed by atoms with van der Waals surface area (Å²) < 4.78 is 27.4. The number of nitrogens with zero attached hydrogens (tertiary/aromatic N) is 1. The molecule has 22 heavy (non-hydrogen) atoms. The van der Waals surface area contributed by atoms with Crippen molar-refractivity contribution in [3.8, 4) is 0 Å². The van der Waals surface area contributed by atoms with Crippen LogP contribution in [0.5, 0.6) is 0 Å². The summed E-state index contributed by atoms with van der Waals surface area (Å²) >= 11 is 0. The lowest BCUT2D eigenvalue weighted by Gasteiger charge is -2.26. The van der Waals surface area contributed by atoms with Gasteiger partial charge in [-0.2, -0.15) is 4.31 Å². The maximum atomic E-state index is 12.8. The Morgan fingerprint density at radius 3 is 2.23 bits per heavy atom. The zero-order chi connectivity index (χ0) is 15.2. The minimum atomic E-state index is -3.28. The first kappa shape index (κ1) is 14.7. The molecule has 0 N–H and O–H groups in total. The van der Waals surface area contributed by atoms with E-state index in [2.05, 4.69) is 12.1 Å². The van der Waals surface area contributed by atoms with Crippen LogP contribution < -0.4 is 0 Å². The van der Waals surface area contributed by atoms with E-state index in [9.17, 15) is 8.42 Å². The molecule has 2 aliphatic carbocycles. The van der Waals surface area contributed by atoms with Gasteiger partial charge in [-0.15, -0.1) is 0 Å². The van der Waals surface area contributed by atoms with Crippen LogP contribution in [0.3, 0.4) is 0 Å². The average molecular weight is 319 g/mol. The van der Waals surface area contributed by atoms with Crippen molar-refractivity contribution in [2.24, 2.45) is 5.92 Å². The highest BCUT2D eigenvalue weighted by Gasteiger charge is 2.44. The number of sulfonamides is 1. The third-order valence-electron chi connectivity index (χ3n) is 5.92. The minimum absolute atomic E-state index is 0.257. The molecule has 1 aromatic carbocycles. The van der Waals surface area contributed by atoms with Crippen molar-refractivity contribution in [1.29, 1.82) is 0 Å². The van der Waals surface area contributed by atoms with E-state index >= 15 is 0 Å². The second kappa shape index (κ2) is 5.64. The highest BCUT2D eigenvalue weighted by atomic mass is 32.2. The van der Waals surface area contributed by atoms with Crippen LogP contribution in [0.2, 0.25) is 0 Å². The molecule has 0 amide bonds. The summed E-state index contributed by atoms with van der Waals surface area (Å²) in [7, 11) is -3.28. The first-order chi connectivity index (χ1) is 10.6. The van der Waals surface area contributed by atoms with Crippen LogP contribution in [0.4, 0.5) is 0 Å². The highest BCUT2D eigenvalue weighted by molar-refractivity contribution is 7.89. The summed E-state index contributed by atoms with van der Waals surface area (Å²) in [6, 6.07) is 8.04. The van der Waals surface area contributed by atoms with Gasteiger partial charge in [0.1, 0.15) is 0 Å². The Labute approximate surface area is 133 Å². The van der Waals surface area contributed by atoms with Gasteiger partial charge in [-0.3, -0.25) is 0 Å². The Morgan fingerprint density at radius 1 is 0.909 bits per heavy atom. The fraction of sp³-hybridized carbons (Fsp3) is 0.667. The van der Waals surface area contributed by atoms with E-state index in [-0.39, 0.29) is 6.04 Å². The number of fused-ring (bicyclic) bond motifs is 2. The largest absolute Gasteiger partial charge is 0.243 e. The molecule has 1 aromatic rings. The maximum absolute atomic E-state index is 12.8. The summed E-state index contributed by atoms with van der Waals surface area (Å²) in [6.07, 6.45) is 9.79. The van der Waals surface area contributed by atoms with Crippen molar-refractivity contribution in [2.45, 2.75) is 68.2 Å². The van der Waals surface area contributed by atoms with Crippen LogP contribution in [-0.4, -0.2) is 25.3 Å². The molecular formula is C18H25NO2S. The molecule has 4 heteroatoms. The molecule has 1 saturated heterocycles. The van der Waals surface area contributed by atoms with Crippen molar-refractivity contribution in [3.63, 3.8) is 0 Å². The van der Waals surface area contributed by atoms with Crippen LogP contribution in [0.1, 0.15) is 62.8 Å². The quantitative estimate of drug-likeness (QED) is 0.847. The molecule has 2 atom stereocenters. The molecule has 3 fully saturated rings. The van der Waals surface area contributed by atoms with Crippen LogP contribution >= 0.6 is 0 Å². The molecule has 120 valence electrons. The number of hydrogen-bond donors (Lipinski definition) is 0. The zero-order valence-corrected chi connectivity index (χ0v) is 13.9. The first-order valence-electron chi connectivity index (χ1n) is 8.76. The molecule has 1 aliphatic heterocycles. The van der Waals surface area contributed by atoms with Crippen LogP contribution in [0.25, 0.3) is 0 Å². The molecule has 0 aromatic heterocycles. The smallest absolute Gasteiger partial charge is 0.207 e. The summed E-state index contributed by atoms with van der Waals surface area (Å²) in [4.78, 5) is 0.486. The van der Waals surface area contributed by atoms with Gasteiger partial charge in [-0.05, 0) is 61.6 Å². The fourth-order valence-corrected chi connectivity index (χ4v) is 6.40. The number of piperidine rings is 1. The van der Waals surface area contributed by atoms with Crippen molar-refractivity contribution >= 4 is 10.0 Å². The van der Waals surface area contributed by atoms with Crippen molar-refractivity contribution in [3.05, 3.63) is 29.8 Å². The van der Waals surface area contributed by atoms with Gasteiger partial charge >= 0.3 is 0 Å². The second-order valence-corrected chi connectivity index (χ2v) is 9.20. The normalized spacial score (nSPS) is 30.0. The van der Waals surface area contributed by atoms with E-state index in [1.807, 2.05) is 12.1 Å². The summed E-state index contributed by atoms with van der Waals surface area (Å²) in [5, 5.41) is 0. The lowest BCUT2D eigenvalue weighted by molar-refractivity contribution is 0.333. The Hall–Kier alpha value is -0.870. The monoisotopic (exact) mass is 319 g/mol. The third-order valence-corrected chi connectivity index (χ3v) is 7.85. The van der Waals surface area contributed by atoms with E-state index in [1.54, 1.807) is 4.31 Å². The highest BCUT2D eigenvalue weighted by Crippen LogP contribution is 2.40. The van der Waals surface area contributed by atoms with Crippen molar-refractivity contribution in [1.82, 2.24) is 4.31 Å². The Kier molecular flexibility index (Phi) is 3.77. The lowest BCUT2D eigenvalue weighted by atomic mass is 9.84. The van der Waals surface area contributed by atoms with E-state index in [0.29, 0.717) is 16.7 Å². The molecule has 3 aliphatic rings. The molecule has 0 radical (unpaired) electrons. The minimum Gasteiger partial charge on any atom is -0.207 e. The Bertz CT molecular complexity index is 632. The zero-order valence-electron chi connectivity index (χ0n) is 13.1. The van der Waals surface area contributed by atoms with Gasteiger partial charge in [0.15, 0.2) is 0 Å². The summed E-state index contributed by atoms with van der Waals surface area (Å²) in [5.74, 6) is 1.23. The van der Waals surface area contributed by atoms with Gasteiger partial charge in [0.25, 0.3) is 0 Å². The van der Waals surface area contributed by atoms with E-state index in [0.717, 1.165) is 19.4 Å². The Morgan fingerprint density at radius 2 is 1.64 bits per heavy atom. The number of hydrogen-bond acceptors (Lipinski definition) is 2. The second-order valence-electron chi connectivity index (χ2n) is 7.31. The third kappa shape index (κ3) is 2.50. The standard InChI is InChI=1S/C18H25NO2S/c20-22(21,19-13-14-6-9-17(19)12-14)18-10-7-16(8-11-18)15-4-2-1-3-5-15/h7-8,10-11,14-15,17H,1-6,9,12-13H2. The van der Waals surface area contributed by atoms with Gasteiger partial charge in [-0.1, -0.05) is 31.4 Å². The van der Waals surface area contributed by atoms with Gasteiger partial charge in [0.05, 0.1) is 4.90 Å².